The van der Waals surface area contributed by atoms with Crippen LogP contribution < -0.4 is 10.1 Å². The van der Waals surface area contributed by atoms with E-state index < -0.39 is 10.0 Å². The first-order valence-electron chi connectivity index (χ1n) is 8.56. The average Bonchev–Trinajstić information content (AvgIpc) is 3.09. The summed E-state index contributed by atoms with van der Waals surface area (Å²) in [6.45, 7) is 4.90. The topological polar surface area (TPSA) is 75.7 Å². The number of amides is 1. The van der Waals surface area contributed by atoms with E-state index in [1.807, 2.05) is 6.92 Å². The van der Waals surface area contributed by atoms with E-state index in [4.69, 9.17) is 16.3 Å². The second kappa shape index (κ2) is 8.87. The number of sulfonamides is 1. The van der Waals surface area contributed by atoms with Gasteiger partial charge in [-0.2, -0.15) is 4.31 Å². The summed E-state index contributed by atoms with van der Waals surface area (Å²) in [5.74, 6) is 0.0612. The molecule has 1 heterocycles. The van der Waals surface area contributed by atoms with Crippen LogP contribution in [0.4, 0.5) is 0 Å². The standard InChI is InChI=1S/C17H25ClN2O4S/c1-3-6-13(2)19-17(21)12-24-16-8-7-14(11-15(16)18)25(22,23)20-9-4-5-10-20/h7-8,11,13H,3-6,9-10,12H2,1-2H3,(H,19,21). The van der Waals surface area contributed by atoms with Crippen LogP contribution in [-0.2, 0) is 14.8 Å². The zero-order chi connectivity index (χ0) is 18.4. The Morgan fingerprint density at radius 2 is 2.04 bits per heavy atom. The number of carbonyl (C=O) groups is 1. The first-order valence-corrected chi connectivity index (χ1v) is 10.4. The molecular formula is C17H25ClN2O4S. The summed E-state index contributed by atoms with van der Waals surface area (Å²) in [7, 11) is -3.52. The van der Waals surface area contributed by atoms with Gasteiger partial charge in [-0.1, -0.05) is 24.9 Å². The largest absolute Gasteiger partial charge is 0.482 e. The third-order valence-corrected chi connectivity index (χ3v) is 6.28. The molecule has 1 N–H and O–H groups in total. The number of ether oxygens (including phenoxy) is 1. The van der Waals surface area contributed by atoms with Crippen molar-refractivity contribution in [2.45, 2.75) is 50.5 Å². The number of nitrogens with zero attached hydrogens (tertiary/aromatic N) is 1. The molecule has 6 nitrogen and oxygen atoms in total. The quantitative estimate of drug-likeness (QED) is 0.742. The Hall–Kier alpha value is -1.31. The fourth-order valence-corrected chi connectivity index (χ4v) is 4.65. The normalized spacial score (nSPS) is 16.6. The van der Waals surface area contributed by atoms with Gasteiger partial charge < -0.3 is 10.1 Å². The third kappa shape index (κ3) is 5.33. The predicted molar refractivity (Wildman–Crippen MR) is 97.5 cm³/mol. The molecule has 0 aliphatic carbocycles. The lowest BCUT2D eigenvalue weighted by Crippen LogP contribution is -2.36. The van der Waals surface area contributed by atoms with Gasteiger partial charge in [-0.05, 0) is 44.4 Å². The highest BCUT2D eigenvalue weighted by Gasteiger charge is 2.27. The van der Waals surface area contributed by atoms with Gasteiger partial charge in [-0.25, -0.2) is 8.42 Å². The predicted octanol–water partition coefficient (Wildman–Crippen LogP) is 2.81. The van der Waals surface area contributed by atoms with Crippen molar-refractivity contribution in [2.75, 3.05) is 19.7 Å². The molecule has 0 spiro atoms. The number of halogens is 1. The fourth-order valence-electron chi connectivity index (χ4n) is 2.80. The molecule has 1 aliphatic rings. The number of benzene rings is 1. The Kier molecular flexibility index (Phi) is 7.10. The van der Waals surface area contributed by atoms with Crippen LogP contribution in [0.5, 0.6) is 5.75 Å². The summed E-state index contributed by atoms with van der Waals surface area (Å²) < 4.78 is 31.9. The summed E-state index contributed by atoms with van der Waals surface area (Å²) in [5, 5.41) is 3.01. The first-order chi connectivity index (χ1) is 11.8. The maximum atomic E-state index is 12.5. The van der Waals surface area contributed by atoms with Gasteiger partial charge in [0.05, 0.1) is 9.92 Å². The second-order valence-corrected chi connectivity index (χ2v) is 8.59. The number of nitrogens with one attached hydrogen (secondary N) is 1. The molecule has 140 valence electrons. The molecule has 2 rings (SSSR count). The maximum absolute atomic E-state index is 12.5. The van der Waals surface area contributed by atoms with Crippen molar-refractivity contribution in [3.05, 3.63) is 23.2 Å². The Labute approximate surface area is 154 Å². The molecule has 1 aliphatic heterocycles. The van der Waals surface area contributed by atoms with E-state index in [1.165, 1.54) is 22.5 Å². The monoisotopic (exact) mass is 388 g/mol. The van der Waals surface area contributed by atoms with E-state index in [1.54, 1.807) is 0 Å². The smallest absolute Gasteiger partial charge is 0.258 e. The molecule has 0 radical (unpaired) electrons. The lowest BCUT2D eigenvalue weighted by Gasteiger charge is -2.17. The highest BCUT2D eigenvalue weighted by Crippen LogP contribution is 2.29. The average molecular weight is 389 g/mol. The van der Waals surface area contributed by atoms with Gasteiger partial charge >= 0.3 is 0 Å². The van der Waals surface area contributed by atoms with Gasteiger partial charge in [0, 0.05) is 19.1 Å². The Bertz CT molecular complexity index is 703. The second-order valence-electron chi connectivity index (χ2n) is 6.25. The number of hydrogen-bond donors (Lipinski definition) is 1. The van der Waals surface area contributed by atoms with Crippen LogP contribution in [0.3, 0.4) is 0 Å². The molecular weight excluding hydrogens is 364 g/mol. The summed E-state index contributed by atoms with van der Waals surface area (Å²) in [5.41, 5.74) is 0. The fraction of sp³-hybridized carbons (Fsp3) is 0.588. The van der Waals surface area contributed by atoms with E-state index >= 15 is 0 Å². The molecule has 8 heteroatoms. The van der Waals surface area contributed by atoms with Crippen molar-refractivity contribution in [3.8, 4) is 5.75 Å². The Balaban J connectivity index is 1.99. The van der Waals surface area contributed by atoms with E-state index in [9.17, 15) is 13.2 Å². The highest BCUT2D eigenvalue weighted by molar-refractivity contribution is 7.89. The minimum atomic E-state index is -3.52. The molecule has 1 amide bonds. The molecule has 1 atom stereocenters. The van der Waals surface area contributed by atoms with Crippen LogP contribution in [0.15, 0.2) is 23.1 Å². The number of carbonyl (C=O) groups excluding carboxylic acids is 1. The summed E-state index contributed by atoms with van der Waals surface area (Å²) in [4.78, 5) is 12.0. The Morgan fingerprint density at radius 3 is 2.64 bits per heavy atom. The zero-order valence-corrected chi connectivity index (χ0v) is 16.2. The molecule has 0 aromatic heterocycles. The molecule has 1 fully saturated rings. The van der Waals surface area contributed by atoms with Gasteiger partial charge in [-0.15, -0.1) is 0 Å². The van der Waals surface area contributed by atoms with Gasteiger partial charge in [-0.3, -0.25) is 4.79 Å². The summed E-state index contributed by atoms with van der Waals surface area (Å²) in [6, 6.07) is 4.42. The van der Waals surface area contributed by atoms with Crippen LogP contribution in [0.25, 0.3) is 0 Å². The van der Waals surface area contributed by atoms with Gasteiger partial charge in [0.25, 0.3) is 5.91 Å². The maximum Gasteiger partial charge on any atom is 0.258 e. The summed E-state index contributed by atoms with van der Waals surface area (Å²) >= 11 is 6.14. The van der Waals surface area contributed by atoms with Gasteiger partial charge in [0.15, 0.2) is 6.61 Å². The lowest BCUT2D eigenvalue weighted by atomic mass is 10.2. The van der Waals surface area contributed by atoms with E-state index in [2.05, 4.69) is 12.2 Å². The lowest BCUT2D eigenvalue weighted by molar-refractivity contribution is -0.123. The molecule has 0 saturated carbocycles. The van der Waals surface area contributed by atoms with Crippen LogP contribution in [0, 0.1) is 0 Å². The van der Waals surface area contributed by atoms with E-state index in [0.717, 1.165) is 25.7 Å². The van der Waals surface area contributed by atoms with E-state index in [0.29, 0.717) is 18.8 Å². The molecule has 1 unspecified atom stereocenters. The van der Waals surface area contributed by atoms with Crippen molar-refractivity contribution in [1.29, 1.82) is 0 Å². The zero-order valence-electron chi connectivity index (χ0n) is 14.6. The van der Waals surface area contributed by atoms with Gasteiger partial charge in [0.1, 0.15) is 5.75 Å². The molecule has 1 saturated heterocycles. The minimum Gasteiger partial charge on any atom is -0.482 e. The number of rotatable bonds is 8. The van der Waals surface area contributed by atoms with Crippen molar-refractivity contribution in [2.24, 2.45) is 0 Å². The number of hydrogen-bond acceptors (Lipinski definition) is 4. The SMILES string of the molecule is CCCC(C)NC(=O)COc1ccc(S(=O)(=O)N2CCCC2)cc1Cl. The van der Waals surface area contributed by atoms with Gasteiger partial charge in [0.2, 0.25) is 10.0 Å². The van der Waals surface area contributed by atoms with Crippen molar-refractivity contribution in [3.63, 3.8) is 0 Å². The molecule has 25 heavy (non-hydrogen) atoms. The highest BCUT2D eigenvalue weighted by atomic mass is 35.5. The van der Waals surface area contributed by atoms with Crippen LogP contribution in [0.1, 0.15) is 39.5 Å². The molecule has 1 aromatic carbocycles. The van der Waals surface area contributed by atoms with E-state index in [-0.39, 0.29) is 28.5 Å². The van der Waals surface area contributed by atoms with Crippen LogP contribution in [0.2, 0.25) is 5.02 Å². The molecule has 0 bridgehead atoms. The van der Waals surface area contributed by atoms with Crippen LogP contribution >= 0.6 is 11.6 Å². The van der Waals surface area contributed by atoms with Crippen molar-refractivity contribution < 1.29 is 17.9 Å². The van der Waals surface area contributed by atoms with Crippen LogP contribution in [-0.4, -0.2) is 44.4 Å². The third-order valence-electron chi connectivity index (χ3n) is 4.09. The Morgan fingerprint density at radius 1 is 1.36 bits per heavy atom. The van der Waals surface area contributed by atoms with Crippen molar-refractivity contribution in [1.82, 2.24) is 9.62 Å². The first kappa shape index (κ1) is 20.0. The minimum absolute atomic E-state index is 0.0875. The summed E-state index contributed by atoms with van der Waals surface area (Å²) in [6.07, 6.45) is 3.64. The van der Waals surface area contributed by atoms with Crippen molar-refractivity contribution >= 4 is 27.5 Å². The molecule has 1 aromatic rings.